The van der Waals surface area contributed by atoms with Crippen LogP contribution < -0.4 is 5.32 Å². The van der Waals surface area contributed by atoms with Crippen LogP contribution in [0.4, 0.5) is 5.69 Å². The molecular weight excluding hydrogens is 250 g/mol. The molecule has 1 rings (SSSR count). The van der Waals surface area contributed by atoms with Crippen molar-refractivity contribution in [2.75, 3.05) is 46.1 Å². The van der Waals surface area contributed by atoms with E-state index in [2.05, 4.69) is 17.1 Å². The van der Waals surface area contributed by atoms with Crippen LogP contribution in [0.15, 0.2) is 18.2 Å². The quantitative estimate of drug-likeness (QED) is 0.831. The van der Waals surface area contributed by atoms with Crippen molar-refractivity contribution in [2.24, 2.45) is 0 Å². The molecule has 0 radical (unpaired) electrons. The Kier molecular flexibility index (Phi) is 6.52. The lowest BCUT2D eigenvalue weighted by atomic mass is 10.1. The Morgan fingerprint density at radius 1 is 1.20 bits per heavy atom. The first-order chi connectivity index (χ1) is 9.45. The highest BCUT2D eigenvalue weighted by molar-refractivity contribution is 5.94. The standard InChI is InChI=1S/C16H27N3O/c1-6-9-17-15-8-7-14(12-13(15)2)16(20)19(5)11-10-18(3)4/h7-8,12,17H,6,9-11H2,1-5H3. The predicted octanol–water partition coefficient (Wildman–Crippen LogP) is 2.45. The van der Waals surface area contributed by atoms with Gasteiger partial charge in [-0.1, -0.05) is 6.92 Å². The number of rotatable bonds is 7. The lowest BCUT2D eigenvalue weighted by molar-refractivity contribution is 0.0786. The summed E-state index contributed by atoms with van der Waals surface area (Å²) in [6.07, 6.45) is 1.09. The maximum absolute atomic E-state index is 12.3. The summed E-state index contributed by atoms with van der Waals surface area (Å²) >= 11 is 0. The van der Waals surface area contributed by atoms with Crippen LogP contribution in [0.5, 0.6) is 0 Å². The third-order valence-electron chi connectivity index (χ3n) is 3.27. The summed E-state index contributed by atoms with van der Waals surface area (Å²) in [4.78, 5) is 16.2. The van der Waals surface area contributed by atoms with Gasteiger partial charge in [-0.25, -0.2) is 0 Å². The summed E-state index contributed by atoms with van der Waals surface area (Å²) < 4.78 is 0. The van der Waals surface area contributed by atoms with Crippen LogP contribution in [0, 0.1) is 6.92 Å². The van der Waals surface area contributed by atoms with E-state index < -0.39 is 0 Å². The molecule has 1 aromatic rings. The van der Waals surface area contributed by atoms with Crippen LogP contribution in [-0.4, -0.2) is 56.5 Å². The van der Waals surface area contributed by atoms with E-state index in [0.29, 0.717) is 0 Å². The molecule has 0 unspecified atom stereocenters. The Labute approximate surface area is 122 Å². The molecule has 0 saturated carbocycles. The highest BCUT2D eigenvalue weighted by Crippen LogP contribution is 2.17. The second-order valence-corrected chi connectivity index (χ2v) is 5.49. The minimum absolute atomic E-state index is 0.0805. The maximum atomic E-state index is 12.3. The highest BCUT2D eigenvalue weighted by Gasteiger charge is 2.12. The lowest BCUT2D eigenvalue weighted by Gasteiger charge is -2.20. The molecule has 4 heteroatoms. The van der Waals surface area contributed by atoms with Crippen molar-refractivity contribution in [2.45, 2.75) is 20.3 Å². The van der Waals surface area contributed by atoms with Gasteiger partial charge >= 0.3 is 0 Å². The average molecular weight is 277 g/mol. The summed E-state index contributed by atoms with van der Waals surface area (Å²) in [5, 5.41) is 3.37. The van der Waals surface area contributed by atoms with E-state index >= 15 is 0 Å². The van der Waals surface area contributed by atoms with Gasteiger partial charge in [-0.15, -0.1) is 0 Å². The Balaban J connectivity index is 2.71. The van der Waals surface area contributed by atoms with Crippen molar-refractivity contribution >= 4 is 11.6 Å². The molecule has 0 fully saturated rings. The number of likely N-dealkylation sites (N-methyl/N-ethyl adjacent to an activating group) is 2. The van der Waals surface area contributed by atoms with E-state index in [9.17, 15) is 4.79 Å². The SMILES string of the molecule is CCCNc1ccc(C(=O)N(C)CCN(C)C)cc1C. The van der Waals surface area contributed by atoms with Crippen LogP contribution >= 0.6 is 0 Å². The fourth-order valence-corrected chi connectivity index (χ4v) is 1.93. The van der Waals surface area contributed by atoms with Crippen LogP contribution in [0.1, 0.15) is 29.3 Å². The number of carbonyl (C=O) groups is 1. The van der Waals surface area contributed by atoms with E-state index in [4.69, 9.17) is 0 Å². The Morgan fingerprint density at radius 3 is 2.45 bits per heavy atom. The van der Waals surface area contributed by atoms with Crippen LogP contribution in [0.2, 0.25) is 0 Å². The fraction of sp³-hybridized carbons (Fsp3) is 0.562. The largest absolute Gasteiger partial charge is 0.385 e. The smallest absolute Gasteiger partial charge is 0.253 e. The number of nitrogens with zero attached hydrogens (tertiary/aromatic N) is 2. The van der Waals surface area contributed by atoms with E-state index in [-0.39, 0.29) is 5.91 Å². The molecular formula is C16H27N3O. The van der Waals surface area contributed by atoms with Gasteiger partial charge in [0.05, 0.1) is 0 Å². The zero-order chi connectivity index (χ0) is 15.1. The van der Waals surface area contributed by atoms with Gasteiger partial charge < -0.3 is 15.1 Å². The van der Waals surface area contributed by atoms with Gasteiger partial charge in [-0.05, 0) is 51.2 Å². The summed E-state index contributed by atoms with van der Waals surface area (Å²) in [6, 6.07) is 5.87. The fourth-order valence-electron chi connectivity index (χ4n) is 1.93. The molecule has 0 bridgehead atoms. The summed E-state index contributed by atoms with van der Waals surface area (Å²) in [5.74, 6) is 0.0805. The predicted molar refractivity (Wildman–Crippen MR) is 85.5 cm³/mol. The van der Waals surface area contributed by atoms with Gasteiger partial charge in [0.15, 0.2) is 0 Å². The van der Waals surface area contributed by atoms with E-state index in [1.165, 1.54) is 0 Å². The number of hydrogen-bond donors (Lipinski definition) is 1. The molecule has 0 heterocycles. The maximum Gasteiger partial charge on any atom is 0.253 e. The normalized spacial score (nSPS) is 10.7. The summed E-state index contributed by atoms with van der Waals surface area (Å²) in [6.45, 7) is 6.74. The molecule has 1 aromatic carbocycles. The number of amides is 1. The van der Waals surface area contributed by atoms with Gasteiger partial charge in [0.1, 0.15) is 0 Å². The number of nitrogens with one attached hydrogen (secondary N) is 1. The third-order valence-corrected chi connectivity index (χ3v) is 3.27. The van der Waals surface area contributed by atoms with Gasteiger partial charge in [-0.3, -0.25) is 4.79 Å². The first-order valence-electron chi connectivity index (χ1n) is 7.20. The molecule has 0 spiro atoms. The minimum atomic E-state index is 0.0805. The Bertz CT molecular complexity index is 443. The van der Waals surface area contributed by atoms with Gasteiger partial charge in [0.2, 0.25) is 0 Å². The molecule has 0 saturated heterocycles. The second-order valence-electron chi connectivity index (χ2n) is 5.49. The second kappa shape index (κ2) is 7.90. The van der Waals surface area contributed by atoms with Crippen molar-refractivity contribution in [3.63, 3.8) is 0 Å². The van der Waals surface area contributed by atoms with E-state index in [0.717, 1.165) is 42.9 Å². The van der Waals surface area contributed by atoms with Gasteiger partial charge in [-0.2, -0.15) is 0 Å². The van der Waals surface area contributed by atoms with Gasteiger partial charge in [0.25, 0.3) is 5.91 Å². The number of benzene rings is 1. The van der Waals surface area contributed by atoms with Crippen LogP contribution in [0.3, 0.4) is 0 Å². The van der Waals surface area contributed by atoms with Crippen molar-refractivity contribution in [1.29, 1.82) is 0 Å². The number of carbonyl (C=O) groups excluding carboxylic acids is 1. The molecule has 1 amide bonds. The lowest BCUT2D eigenvalue weighted by Crippen LogP contribution is -2.33. The molecule has 112 valence electrons. The molecule has 20 heavy (non-hydrogen) atoms. The third kappa shape index (κ3) is 4.85. The molecule has 0 aliphatic carbocycles. The molecule has 0 aliphatic heterocycles. The topological polar surface area (TPSA) is 35.6 Å². The van der Waals surface area contributed by atoms with Crippen LogP contribution in [-0.2, 0) is 0 Å². The molecule has 0 aromatic heterocycles. The minimum Gasteiger partial charge on any atom is -0.385 e. The highest BCUT2D eigenvalue weighted by atomic mass is 16.2. The van der Waals surface area contributed by atoms with Crippen molar-refractivity contribution in [3.05, 3.63) is 29.3 Å². The number of anilines is 1. The van der Waals surface area contributed by atoms with Crippen LogP contribution in [0.25, 0.3) is 0 Å². The molecule has 0 atom stereocenters. The Hall–Kier alpha value is -1.55. The number of aryl methyl sites for hydroxylation is 1. The molecule has 0 aliphatic rings. The summed E-state index contributed by atoms with van der Waals surface area (Å²) in [5.41, 5.74) is 2.98. The van der Waals surface area contributed by atoms with E-state index in [1.54, 1.807) is 4.90 Å². The zero-order valence-corrected chi connectivity index (χ0v) is 13.4. The first-order valence-corrected chi connectivity index (χ1v) is 7.20. The first kappa shape index (κ1) is 16.5. The van der Waals surface area contributed by atoms with Crippen molar-refractivity contribution < 1.29 is 4.79 Å². The van der Waals surface area contributed by atoms with Gasteiger partial charge in [0, 0.05) is 37.9 Å². The van der Waals surface area contributed by atoms with Crippen molar-refractivity contribution in [1.82, 2.24) is 9.80 Å². The zero-order valence-electron chi connectivity index (χ0n) is 13.4. The molecule has 4 nitrogen and oxygen atoms in total. The van der Waals surface area contributed by atoms with Crippen molar-refractivity contribution in [3.8, 4) is 0 Å². The molecule has 1 N–H and O–H groups in total. The monoisotopic (exact) mass is 277 g/mol. The summed E-state index contributed by atoms with van der Waals surface area (Å²) in [7, 11) is 5.87. The number of hydrogen-bond acceptors (Lipinski definition) is 3. The average Bonchev–Trinajstić information content (AvgIpc) is 2.42. The van der Waals surface area contributed by atoms with E-state index in [1.807, 2.05) is 46.3 Å². The Morgan fingerprint density at radius 2 is 1.90 bits per heavy atom.